The predicted molar refractivity (Wildman–Crippen MR) is 89.6 cm³/mol. The van der Waals surface area contributed by atoms with Crippen molar-refractivity contribution in [1.82, 2.24) is 4.90 Å². The minimum absolute atomic E-state index is 0.0179. The van der Waals surface area contributed by atoms with E-state index in [1.807, 2.05) is 52.8 Å². The number of nitrogens with one attached hydrogen (secondary N) is 1. The number of benzene rings is 1. The lowest BCUT2D eigenvalue weighted by atomic mass is 9.86. The van der Waals surface area contributed by atoms with Crippen LogP contribution in [-0.4, -0.2) is 36.3 Å². The van der Waals surface area contributed by atoms with E-state index in [0.29, 0.717) is 0 Å². The van der Waals surface area contributed by atoms with Gasteiger partial charge in [0.2, 0.25) is 11.8 Å². The molecule has 1 aromatic carbocycles. The average molecular weight is 305 g/mol. The first-order valence-corrected chi connectivity index (χ1v) is 7.40. The monoisotopic (exact) mass is 305 g/mol. The van der Waals surface area contributed by atoms with Gasteiger partial charge in [0.25, 0.3) is 0 Å². The summed E-state index contributed by atoms with van der Waals surface area (Å²) in [6.45, 7) is 9.63. The molecule has 0 unspecified atom stereocenters. The van der Waals surface area contributed by atoms with E-state index in [2.05, 4.69) is 5.32 Å². The summed E-state index contributed by atoms with van der Waals surface area (Å²) in [7, 11) is 1.59. The Hall–Kier alpha value is -1.88. The fourth-order valence-corrected chi connectivity index (χ4v) is 1.98. The summed E-state index contributed by atoms with van der Waals surface area (Å²) in [6, 6.07) is 5.10. The highest BCUT2D eigenvalue weighted by molar-refractivity contribution is 5.95. The third-order valence-corrected chi connectivity index (χ3v) is 3.83. The van der Waals surface area contributed by atoms with Gasteiger partial charge in [-0.05, 0) is 36.5 Å². The summed E-state index contributed by atoms with van der Waals surface area (Å²) >= 11 is 0. The number of anilines is 1. The minimum Gasteiger partial charge on any atom is -0.335 e. The molecule has 5 nitrogen and oxygen atoms in total. The van der Waals surface area contributed by atoms with Gasteiger partial charge < -0.3 is 16.0 Å². The number of nitrogens with two attached hydrogens (primary N) is 1. The third-order valence-electron chi connectivity index (χ3n) is 3.83. The molecule has 1 rings (SSSR count). The molecule has 5 heteroatoms. The summed E-state index contributed by atoms with van der Waals surface area (Å²) in [5.41, 5.74) is 8.51. The number of nitrogens with zero attached hydrogens (tertiary/aromatic N) is 1. The highest BCUT2D eigenvalue weighted by atomic mass is 16.2. The molecule has 0 spiro atoms. The molecular formula is C17H27N3O2. The van der Waals surface area contributed by atoms with Gasteiger partial charge >= 0.3 is 0 Å². The first kappa shape index (κ1) is 18.2. The quantitative estimate of drug-likeness (QED) is 0.894. The van der Waals surface area contributed by atoms with Crippen molar-refractivity contribution in [2.75, 3.05) is 18.9 Å². The van der Waals surface area contributed by atoms with Gasteiger partial charge in [-0.3, -0.25) is 9.59 Å². The van der Waals surface area contributed by atoms with E-state index in [9.17, 15) is 9.59 Å². The van der Waals surface area contributed by atoms with E-state index in [-0.39, 0.29) is 23.8 Å². The Morgan fingerprint density at radius 2 is 1.86 bits per heavy atom. The van der Waals surface area contributed by atoms with Crippen LogP contribution in [0.1, 0.15) is 31.9 Å². The highest BCUT2D eigenvalue weighted by Crippen LogP contribution is 2.19. The maximum Gasteiger partial charge on any atom is 0.243 e. The number of carbonyl (C=O) groups excluding carboxylic acids is 2. The normalized spacial score (nSPS) is 12.7. The summed E-state index contributed by atoms with van der Waals surface area (Å²) in [6.07, 6.45) is 0. The van der Waals surface area contributed by atoms with E-state index in [1.165, 1.54) is 4.90 Å². The topological polar surface area (TPSA) is 75.4 Å². The number of carbonyl (C=O) groups is 2. The van der Waals surface area contributed by atoms with Crippen LogP contribution in [0.15, 0.2) is 18.2 Å². The van der Waals surface area contributed by atoms with Crippen molar-refractivity contribution in [1.29, 1.82) is 0 Å². The molecule has 0 fully saturated rings. The Balaban J connectivity index is 2.69. The lowest BCUT2D eigenvalue weighted by Crippen LogP contribution is -2.50. The molecule has 1 atom stereocenters. The zero-order chi connectivity index (χ0) is 17.1. The van der Waals surface area contributed by atoms with Crippen molar-refractivity contribution < 1.29 is 9.59 Å². The molecule has 0 bridgehead atoms. The van der Waals surface area contributed by atoms with Gasteiger partial charge in [-0.25, -0.2) is 0 Å². The van der Waals surface area contributed by atoms with Crippen LogP contribution < -0.4 is 11.1 Å². The van der Waals surface area contributed by atoms with E-state index in [0.717, 1.165) is 16.8 Å². The molecule has 0 saturated heterocycles. The second-order valence-corrected chi connectivity index (χ2v) is 6.83. The summed E-state index contributed by atoms with van der Waals surface area (Å²) in [5, 5.41) is 2.84. The number of hydrogen-bond acceptors (Lipinski definition) is 3. The van der Waals surface area contributed by atoms with E-state index in [4.69, 9.17) is 5.73 Å². The Labute approximate surface area is 132 Å². The van der Waals surface area contributed by atoms with E-state index >= 15 is 0 Å². The minimum atomic E-state index is -0.633. The van der Waals surface area contributed by atoms with Gasteiger partial charge in [0.1, 0.15) is 0 Å². The van der Waals surface area contributed by atoms with Crippen LogP contribution in [0.2, 0.25) is 0 Å². The van der Waals surface area contributed by atoms with E-state index in [1.54, 1.807) is 7.05 Å². The van der Waals surface area contributed by atoms with Gasteiger partial charge in [0, 0.05) is 12.7 Å². The van der Waals surface area contributed by atoms with Crippen LogP contribution in [0, 0.1) is 19.3 Å². The van der Waals surface area contributed by atoms with Crippen LogP contribution in [0.4, 0.5) is 5.69 Å². The van der Waals surface area contributed by atoms with Gasteiger partial charge in [0.15, 0.2) is 0 Å². The lowest BCUT2D eigenvalue weighted by molar-refractivity contribution is -0.136. The largest absolute Gasteiger partial charge is 0.335 e. The number of amides is 2. The summed E-state index contributed by atoms with van der Waals surface area (Å²) in [4.78, 5) is 25.7. The van der Waals surface area contributed by atoms with Crippen molar-refractivity contribution >= 4 is 17.5 Å². The van der Waals surface area contributed by atoms with Crippen molar-refractivity contribution in [3.05, 3.63) is 29.3 Å². The highest BCUT2D eigenvalue weighted by Gasteiger charge is 2.30. The lowest BCUT2D eigenvalue weighted by Gasteiger charge is -2.29. The molecule has 0 heterocycles. The SMILES string of the molecule is Cc1cccc(NC(=O)CN(C)C(=O)[C@@H](N)C(C)(C)C)c1C. The second-order valence-electron chi connectivity index (χ2n) is 6.83. The Bertz CT molecular complexity index is 562. The molecule has 0 aromatic heterocycles. The fraction of sp³-hybridized carbons (Fsp3) is 0.529. The molecule has 0 saturated carbocycles. The molecular weight excluding hydrogens is 278 g/mol. The number of likely N-dealkylation sites (N-methyl/N-ethyl adjacent to an activating group) is 1. The summed E-state index contributed by atoms with van der Waals surface area (Å²) in [5.74, 6) is -0.464. The van der Waals surface area contributed by atoms with Gasteiger partial charge in [-0.2, -0.15) is 0 Å². The third kappa shape index (κ3) is 4.56. The standard InChI is InChI=1S/C17H27N3O2/c1-11-8-7-9-13(12(11)2)19-14(21)10-20(6)16(22)15(18)17(3,4)5/h7-9,15H,10,18H2,1-6H3,(H,19,21)/t15-/m1/s1. The average Bonchev–Trinajstić information content (AvgIpc) is 2.41. The molecule has 22 heavy (non-hydrogen) atoms. The molecule has 0 aliphatic carbocycles. The molecule has 122 valence electrons. The van der Waals surface area contributed by atoms with Crippen LogP contribution in [0.5, 0.6) is 0 Å². The number of hydrogen-bond donors (Lipinski definition) is 2. The first-order valence-electron chi connectivity index (χ1n) is 7.40. The molecule has 2 amide bonds. The Morgan fingerprint density at radius 1 is 1.27 bits per heavy atom. The smallest absolute Gasteiger partial charge is 0.243 e. The molecule has 0 aliphatic heterocycles. The van der Waals surface area contributed by atoms with E-state index < -0.39 is 6.04 Å². The number of aryl methyl sites for hydroxylation is 1. The van der Waals surface area contributed by atoms with Crippen LogP contribution in [0.25, 0.3) is 0 Å². The van der Waals surface area contributed by atoms with Crippen LogP contribution in [0.3, 0.4) is 0 Å². The van der Waals surface area contributed by atoms with Crippen LogP contribution >= 0.6 is 0 Å². The molecule has 3 N–H and O–H groups in total. The zero-order valence-corrected chi connectivity index (χ0v) is 14.4. The summed E-state index contributed by atoms with van der Waals surface area (Å²) < 4.78 is 0. The maximum absolute atomic E-state index is 12.2. The first-order chi connectivity index (χ1) is 10.0. The van der Waals surface area contributed by atoms with Gasteiger partial charge in [-0.15, -0.1) is 0 Å². The fourth-order valence-electron chi connectivity index (χ4n) is 1.98. The Kier molecular flexibility index (Phi) is 5.72. The van der Waals surface area contributed by atoms with Crippen LogP contribution in [-0.2, 0) is 9.59 Å². The van der Waals surface area contributed by atoms with Crippen molar-refractivity contribution in [3.63, 3.8) is 0 Å². The molecule has 1 aromatic rings. The van der Waals surface area contributed by atoms with Crippen molar-refractivity contribution in [3.8, 4) is 0 Å². The van der Waals surface area contributed by atoms with Crippen molar-refractivity contribution in [2.45, 2.75) is 40.7 Å². The molecule has 0 aliphatic rings. The maximum atomic E-state index is 12.2. The van der Waals surface area contributed by atoms with Gasteiger partial charge in [-0.1, -0.05) is 32.9 Å². The van der Waals surface area contributed by atoms with Gasteiger partial charge in [0.05, 0.1) is 12.6 Å². The Morgan fingerprint density at radius 3 is 2.41 bits per heavy atom. The van der Waals surface area contributed by atoms with Crippen molar-refractivity contribution in [2.24, 2.45) is 11.1 Å². The molecule has 0 radical (unpaired) electrons. The second kappa shape index (κ2) is 6.92. The zero-order valence-electron chi connectivity index (χ0n) is 14.4. The number of rotatable bonds is 4. The predicted octanol–water partition coefficient (Wildman–Crippen LogP) is 2.07.